The molecule has 3 nitrogen and oxygen atoms in total. The van der Waals surface area contributed by atoms with Crippen LogP contribution >= 0.6 is 27.3 Å². The summed E-state index contributed by atoms with van der Waals surface area (Å²) in [7, 11) is 2.07. The molecule has 0 aliphatic heterocycles. The normalized spacial score (nSPS) is 10.7. The monoisotopic (exact) mass is 339 g/mol. The SMILES string of the molecule is CCc1cc(CN)cc(N(C)Cc2cc(Br)cs2)n1. The standard InChI is InChI=1S/C14H18BrN3S/c1-3-12-4-10(7-16)5-14(17-12)18(2)8-13-6-11(15)9-19-13/h4-6,9H,3,7-8,16H2,1-2H3. The van der Waals surface area contributed by atoms with E-state index < -0.39 is 0 Å². The van der Waals surface area contributed by atoms with Crippen molar-refractivity contribution in [1.29, 1.82) is 0 Å². The van der Waals surface area contributed by atoms with Gasteiger partial charge in [-0.1, -0.05) is 6.92 Å². The maximum Gasteiger partial charge on any atom is 0.129 e. The highest BCUT2D eigenvalue weighted by atomic mass is 79.9. The molecule has 0 aliphatic rings. The van der Waals surface area contributed by atoms with Gasteiger partial charge in [0.25, 0.3) is 0 Å². The Balaban J connectivity index is 2.20. The lowest BCUT2D eigenvalue weighted by Gasteiger charge is -2.19. The van der Waals surface area contributed by atoms with Gasteiger partial charge in [0.15, 0.2) is 0 Å². The molecule has 0 aliphatic carbocycles. The summed E-state index contributed by atoms with van der Waals surface area (Å²) in [4.78, 5) is 8.14. The van der Waals surface area contributed by atoms with Gasteiger partial charge in [-0.05, 0) is 46.1 Å². The summed E-state index contributed by atoms with van der Waals surface area (Å²) < 4.78 is 1.14. The molecule has 102 valence electrons. The first-order valence-electron chi connectivity index (χ1n) is 6.26. The summed E-state index contributed by atoms with van der Waals surface area (Å²) in [5, 5.41) is 2.10. The summed E-state index contributed by atoms with van der Waals surface area (Å²) in [6.45, 7) is 3.53. The average Bonchev–Trinajstić information content (AvgIpc) is 2.83. The van der Waals surface area contributed by atoms with E-state index in [1.54, 1.807) is 11.3 Å². The van der Waals surface area contributed by atoms with Gasteiger partial charge in [0.05, 0.1) is 6.54 Å². The van der Waals surface area contributed by atoms with Gasteiger partial charge in [-0.15, -0.1) is 11.3 Å². The number of aromatic nitrogens is 1. The summed E-state index contributed by atoms with van der Waals surface area (Å²) in [6, 6.07) is 6.30. The zero-order chi connectivity index (χ0) is 13.8. The van der Waals surface area contributed by atoms with Gasteiger partial charge in [0, 0.05) is 34.0 Å². The van der Waals surface area contributed by atoms with Crippen LogP contribution in [0.1, 0.15) is 23.1 Å². The van der Waals surface area contributed by atoms with Crippen LogP contribution in [0.4, 0.5) is 5.82 Å². The molecular formula is C14H18BrN3S. The molecule has 2 heterocycles. The number of nitrogens with zero attached hydrogens (tertiary/aromatic N) is 2. The van der Waals surface area contributed by atoms with E-state index in [4.69, 9.17) is 5.73 Å². The molecule has 0 saturated carbocycles. The third-order valence-corrected chi connectivity index (χ3v) is 4.61. The van der Waals surface area contributed by atoms with Crippen molar-refractivity contribution in [3.8, 4) is 0 Å². The molecule has 2 rings (SSSR count). The van der Waals surface area contributed by atoms with E-state index in [-0.39, 0.29) is 0 Å². The number of rotatable bonds is 5. The second-order valence-electron chi connectivity index (χ2n) is 4.47. The van der Waals surface area contributed by atoms with Crippen LogP contribution in [0.15, 0.2) is 28.1 Å². The van der Waals surface area contributed by atoms with Crippen LogP contribution < -0.4 is 10.6 Å². The van der Waals surface area contributed by atoms with E-state index in [1.165, 1.54) is 4.88 Å². The maximum absolute atomic E-state index is 5.75. The lowest BCUT2D eigenvalue weighted by atomic mass is 10.2. The van der Waals surface area contributed by atoms with Crippen molar-refractivity contribution in [2.75, 3.05) is 11.9 Å². The van der Waals surface area contributed by atoms with Crippen LogP contribution in [0, 0.1) is 0 Å². The van der Waals surface area contributed by atoms with Crippen molar-refractivity contribution in [3.05, 3.63) is 44.2 Å². The molecule has 2 aromatic rings. The summed E-state index contributed by atoms with van der Waals surface area (Å²) in [5.41, 5.74) is 7.98. The van der Waals surface area contributed by atoms with Gasteiger partial charge >= 0.3 is 0 Å². The van der Waals surface area contributed by atoms with Crippen LogP contribution in [0.3, 0.4) is 0 Å². The van der Waals surface area contributed by atoms with Crippen LogP contribution in [-0.4, -0.2) is 12.0 Å². The molecule has 19 heavy (non-hydrogen) atoms. The van der Waals surface area contributed by atoms with Gasteiger partial charge in [0.1, 0.15) is 5.82 Å². The van der Waals surface area contributed by atoms with Crippen molar-refractivity contribution >= 4 is 33.1 Å². The van der Waals surface area contributed by atoms with Crippen LogP contribution in [-0.2, 0) is 19.5 Å². The molecule has 0 radical (unpaired) electrons. The quantitative estimate of drug-likeness (QED) is 0.905. The molecule has 5 heteroatoms. The number of pyridine rings is 1. The Morgan fingerprint density at radius 1 is 1.37 bits per heavy atom. The van der Waals surface area contributed by atoms with Crippen LogP contribution in [0.25, 0.3) is 0 Å². The Kier molecular flexibility index (Phi) is 4.96. The molecule has 0 unspecified atom stereocenters. The number of nitrogens with two attached hydrogens (primary N) is 1. The van der Waals surface area contributed by atoms with Crippen molar-refractivity contribution in [2.45, 2.75) is 26.4 Å². The summed E-state index contributed by atoms with van der Waals surface area (Å²) >= 11 is 5.24. The minimum Gasteiger partial charge on any atom is -0.355 e. The molecule has 0 amide bonds. The Hall–Kier alpha value is -0.910. The van der Waals surface area contributed by atoms with E-state index in [9.17, 15) is 0 Å². The van der Waals surface area contributed by atoms with Crippen molar-refractivity contribution < 1.29 is 0 Å². The molecule has 0 fully saturated rings. The number of hydrogen-bond donors (Lipinski definition) is 1. The van der Waals surface area contributed by atoms with E-state index >= 15 is 0 Å². The van der Waals surface area contributed by atoms with Crippen molar-refractivity contribution in [1.82, 2.24) is 4.98 Å². The molecule has 2 aromatic heterocycles. The highest BCUT2D eigenvalue weighted by Crippen LogP contribution is 2.23. The number of anilines is 1. The largest absolute Gasteiger partial charge is 0.355 e. The fourth-order valence-corrected chi connectivity index (χ4v) is 3.38. The third-order valence-electron chi connectivity index (χ3n) is 2.93. The highest BCUT2D eigenvalue weighted by molar-refractivity contribution is 9.10. The first-order chi connectivity index (χ1) is 9.12. The number of halogens is 1. The molecule has 0 saturated heterocycles. The van der Waals surface area contributed by atoms with Gasteiger partial charge in [0.2, 0.25) is 0 Å². The predicted molar refractivity (Wildman–Crippen MR) is 85.6 cm³/mol. The first-order valence-corrected chi connectivity index (χ1v) is 7.93. The maximum atomic E-state index is 5.75. The van der Waals surface area contributed by atoms with Crippen LogP contribution in [0.5, 0.6) is 0 Å². The fraction of sp³-hybridized carbons (Fsp3) is 0.357. The zero-order valence-electron chi connectivity index (χ0n) is 11.2. The van der Waals surface area contributed by atoms with Crippen molar-refractivity contribution in [2.24, 2.45) is 5.73 Å². The van der Waals surface area contributed by atoms with Gasteiger partial charge in [-0.25, -0.2) is 4.98 Å². The fourth-order valence-electron chi connectivity index (χ4n) is 1.88. The third kappa shape index (κ3) is 3.78. The smallest absolute Gasteiger partial charge is 0.129 e. The van der Waals surface area contributed by atoms with Gasteiger partial charge in [-0.3, -0.25) is 0 Å². The minimum atomic E-state index is 0.556. The predicted octanol–water partition coefficient (Wildman–Crippen LogP) is 3.56. The molecule has 0 atom stereocenters. The first kappa shape index (κ1) is 14.5. The molecule has 2 N–H and O–H groups in total. The molecular weight excluding hydrogens is 322 g/mol. The number of thiophene rings is 1. The van der Waals surface area contributed by atoms with Crippen molar-refractivity contribution in [3.63, 3.8) is 0 Å². The number of hydrogen-bond acceptors (Lipinski definition) is 4. The second kappa shape index (κ2) is 6.50. The van der Waals surface area contributed by atoms with E-state index in [0.717, 1.165) is 34.5 Å². The van der Waals surface area contributed by atoms with Gasteiger partial charge < -0.3 is 10.6 Å². The Labute approximate surface area is 126 Å². The second-order valence-corrected chi connectivity index (χ2v) is 6.38. The van der Waals surface area contributed by atoms with E-state index in [2.05, 4.69) is 63.4 Å². The van der Waals surface area contributed by atoms with Gasteiger partial charge in [-0.2, -0.15) is 0 Å². The van der Waals surface area contributed by atoms with E-state index in [0.29, 0.717) is 6.54 Å². The van der Waals surface area contributed by atoms with Crippen LogP contribution in [0.2, 0.25) is 0 Å². The lowest BCUT2D eigenvalue weighted by molar-refractivity contribution is 0.885. The highest BCUT2D eigenvalue weighted by Gasteiger charge is 2.08. The molecule has 0 aromatic carbocycles. The Morgan fingerprint density at radius 3 is 2.74 bits per heavy atom. The average molecular weight is 340 g/mol. The Morgan fingerprint density at radius 2 is 2.16 bits per heavy atom. The summed E-state index contributed by atoms with van der Waals surface area (Å²) in [6.07, 6.45) is 0.930. The minimum absolute atomic E-state index is 0.556. The molecule has 0 bridgehead atoms. The summed E-state index contributed by atoms with van der Waals surface area (Å²) in [5.74, 6) is 0.990. The van der Waals surface area contributed by atoms with E-state index in [1.807, 2.05) is 0 Å². The molecule has 0 spiro atoms. The number of aryl methyl sites for hydroxylation is 1. The topological polar surface area (TPSA) is 42.1 Å². The zero-order valence-corrected chi connectivity index (χ0v) is 13.6. The Bertz CT molecular complexity index is 531. The lowest BCUT2D eigenvalue weighted by Crippen LogP contribution is -2.18.